The molecule has 1 aliphatic carbocycles. The van der Waals surface area contributed by atoms with E-state index in [0.29, 0.717) is 12.0 Å². The van der Waals surface area contributed by atoms with Crippen LogP contribution in [0.1, 0.15) is 24.5 Å². The van der Waals surface area contributed by atoms with Crippen LogP contribution < -0.4 is 0 Å². The SMILES string of the molecule is COC(c1ccccc1)[C@H]1C[C@H](OC)C1. The van der Waals surface area contributed by atoms with Crippen molar-refractivity contribution in [2.45, 2.75) is 25.0 Å². The van der Waals surface area contributed by atoms with Crippen molar-refractivity contribution in [3.8, 4) is 0 Å². The fourth-order valence-corrected chi connectivity index (χ4v) is 2.29. The topological polar surface area (TPSA) is 18.5 Å². The monoisotopic (exact) mass is 206 g/mol. The lowest BCUT2D eigenvalue weighted by atomic mass is 9.76. The molecule has 0 radical (unpaired) electrons. The van der Waals surface area contributed by atoms with Crippen LogP contribution in [0.5, 0.6) is 0 Å². The second-order valence-corrected chi connectivity index (χ2v) is 4.16. The number of benzene rings is 1. The van der Waals surface area contributed by atoms with Gasteiger partial charge in [-0.15, -0.1) is 0 Å². The Hall–Kier alpha value is -0.860. The van der Waals surface area contributed by atoms with Gasteiger partial charge in [0.1, 0.15) is 0 Å². The van der Waals surface area contributed by atoms with Crippen molar-refractivity contribution in [2.24, 2.45) is 5.92 Å². The normalized spacial score (nSPS) is 27.1. The molecule has 15 heavy (non-hydrogen) atoms. The van der Waals surface area contributed by atoms with Gasteiger partial charge in [0, 0.05) is 14.2 Å². The van der Waals surface area contributed by atoms with Gasteiger partial charge in [-0.3, -0.25) is 0 Å². The Morgan fingerprint density at radius 1 is 1.13 bits per heavy atom. The molecule has 2 nitrogen and oxygen atoms in total. The predicted octanol–water partition coefficient (Wildman–Crippen LogP) is 2.80. The van der Waals surface area contributed by atoms with E-state index in [-0.39, 0.29) is 6.10 Å². The third kappa shape index (κ3) is 2.21. The first-order valence-electron chi connectivity index (χ1n) is 5.45. The van der Waals surface area contributed by atoms with Gasteiger partial charge in [0.05, 0.1) is 12.2 Å². The number of ether oxygens (including phenoxy) is 2. The summed E-state index contributed by atoms with van der Waals surface area (Å²) in [5.74, 6) is 0.613. The van der Waals surface area contributed by atoms with Gasteiger partial charge in [0.25, 0.3) is 0 Å². The fourth-order valence-electron chi connectivity index (χ4n) is 2.29. The molecule has 0 bridgehead atoms. The predicted molar refractivity (Wildman–Crippen MR) is 59.7 cm³/mol. The molecule has 0 aromatic heterocycles. The summed E-state index contributed by atoms with van der Waals surface area (Å²) in [4.78, 5) is 0. The third-order valence-electron chi connectivity index (χ3n) is 3.27. The number of hydrogen-bond acceptors (Lipinski definition) is 2. The molecular weight excluding hydrogens is 188 g/mol. The summed E-state index contributed by atoms with van der Waals surface area (Å²) in [6.45, 7) is 0. The summed E-state index contributed by atoms with van der Waals surface area (Å²) in [6, 6.07) is 10.4. The van der Waals surface area contributed by atoms with Gasteiger partial charge in [-0.05, 0) is 24.3 Å². The molecule has 1 fully saturated rings. The van der Waals surface area contributed by atoms with Gasteiger partial charge in [0.2, 0.25) is 0 Å². The van der Waals surface area contributed by atoms with Crippen LogP contribution in [0.3, 0.4) is 0 Å². The summed E-state index contributed by atoms with van der Waals surface area (Å²) in [5, 5.41) is 0. The zero-order chi connectivity index (χ0) is 10.7. The first-order valence-corrected chi connectivity index (χ1v) is 5.45. The molecule has 0 N–H and O–H groups in total. The van der Waals surface area contributed by atoms with E-state index in [1.165, 1.54) is 5.56 Å². The van der Waals surface area contributed by atoms with Crippen LogP contribution in [-0.2, 0) is 9.47 Å². The maximum absolute atomic E-state index is 5.58. The van der Waals surface area contributed by atoms with Crippen LogP contribution in [0.4, 0.5) is 0 Å². The lowest BCUT2D eigenvalue weighted by Gasteiger charge is -2.39. The van der Waals surface area contributed by atoms with Gasteiger partial charge >= 0.3 is 0 Å². The van der Waals surface area contributed by atoms with E-state index >= 15 is 0 Å². The number of hydrogen-bond donors (Lipinski definition) is 0. The largest absolute Gasteiger partial charge is 0.381 e. The minimum Gasteiger partial charge on any atom is -0.381 e. The number of methoxy groups -OCH3 is 2. The Balaban J connectivity index is 2.00. The second-order valence-electron chi connectivity index (χ2n) is 4.16. The van der Waals surface area contributed by atoms with Crippen molar-refractivity contribution in [3.05, 3.63) is 35.9 Å². The molecule has 2 rings (SSSR count). The molecule has 1 aromatic carbocycles. The Morgan fingerprint density at radius 2 is 1.80 bits per heavy atom. The minimum atomic E-state index is 0.234. The van der Waals surface area contributed by atoms with E-state index in [1.807, 2.05) is 6.07 Å². The summed E-state index contributed by atoms with van der Waals surface area (Å²) in [7, 11) is 3.57. The van der Waals surface area contributed by atoms with E-state index in [4.69, 9.17) is 9.47 Å². The molecule has 82 valence electrons. The molecule has 1 unspecified atom stereocenters. The van der Waals surface area contributed by atoms with E-state index in [0.717, 1.165) is 12.8 Å². The summed E-state index contributed by atoms with van der Waals surface area (Å²) < 4.78 is 10.9. The van der Waals surface area contributed by atoms with Gasteiger partial charge in [0.15, 0.2) is 0 Å². The highest BCUT2D eigenvalue weighted by Gasteiger charge is 2.35. The third-order valence-corrected chi connectivity index (χ3v) is 3.27. The van der Waals surface area contributed by atoms with Crippen LogP contribution in [0.25, 0.3) is 0 Å². The quantitative estimate of drug-likeness (QED) is 0.754. The Kier molecular flexibility index (Phi) is 3.39. The average molecular weight is 206 g/mol. The molecule has 0 spiro atoms. The highest BCUT2D eigenvalue weighted by Crippen LogP contribution is 2.40. The van der Waals surface area contributed by atoms with Crippen LogP contribution in [-0.4, -0.2) is 20.3 Å². The molecule has 1 saturated carbocycles. The lowest BCUT2D eigenvalue weighted by Crippen LogP contribution is -2.35. The van der Waals surface area contributed by atoms with Crippen LogP contribution >= 0.6 is 0 Å². The lowest BCUT2D eigenvalue weighted by molar-refractivity contribution is -0.0654. The van der Waals surface area contributed by atoms with Crippen molar-refractivity contribution in [1.82, 2.24) is 0 Å². The maximum Gasteiger partial charge on any atom is 0.0851 e. The van der Waals surface area contributed by atoms with Crippen LogP contribution in [0.15, 0.2) is 30.3 Å². The molecule has 0 aliphatic heterocycles. The first kappa shape index (κ1) is 10.7. The maximum atomic E-state index is 5.58. The Labute approximate surface area is 91.2 Å². The summed E-state index contributed by atoms with van der Waals surface area (Å²) in [6.07, 6.45) is 2.90. The second kappa shape index (κ2) is 4.77. The van der Waals surface area contributed by atoms with Gasteiger partial charge < -0.3 is 9.47 Å². The van der Waals surface area contributed by atoms with Gasteiger partial charge in [-0.1, -0.05) is 30.3 Å². The van der Waals surface area contributed by atoms with E-state index in [9.17, 15) is 0 Å². The molecular formula is C13H18O2. The Morgan fingerprint density at radius 3 is 2.33 bits per heavy atom. The molecule has 0 saturated heterocycles. The van der Waals surface area contributed by atoms with Gasteiger partial charge in [-0.2, -0.15) is 0 Å². The minimum absolute atomic E-state index is 0.234. The summed E-state index contributed by atoms with van der Waals surface area (Å²) in [5.41, 5.74) is 1.28. The van der Waals surface area contributed by atoms with E-state index < -0.39 is 0 Å². The zero-order valence-electron chi connectivity index (χ0n) is 9.35. The zero-order valence-corrected chi connectivity index (χ0v) is 9.35. The molecule has 0 amide bonds. The average Bonchev–Trinajstić information content (AvgIpc) is 2.24. The van der Waals surface area contributed by atoms with E-state index in [1.54, 1.807) is 14.2 Å². The first-order chi connectivity index (χ1) is 7.35. The van der Waals surface area contributed by atoms with Gasteiger partial charge in [-0.25, -0.2) is 0 Å². The fraction of sp³-hybridized carbons (Fsp3) is 0.538. The number of rotatable bonds is 4. The van der Waals surface area contributed by atoms with Crippen molar-refractivity contribution >= 4 is 0 Å². The highest BCUT2D eigenvalue weighted by molar-refractivity contribution is 5.19. The van der Waals surface area contributed by atoms with E-state index in [2.05, 4.69) is 24.3 Å². The summed E-state index contributed by atoms with van der Waals surface area (Å²) >= 11 is 0. The molecule has 1 aliphatic rings. The smallest absolute Gasteiger partial charge is 0.0851 e. The molecule has 1 atom stereocenters. The van der Waals surface area contributed by atoms with Crippen molar-refractivity contribution < 1.29 is 9.47 Å². The van der Waals surface area contributed by atoms with Crippen molar-refractivity contribution in [3.63, 3.8) is 0 Å². The Bertz CT molecular complexity index is 291. The molecule has 2 heteroatoms. The standard InChI is InChI=1S/C13H18O2/c1-14-12-8-11(9-12)13(15-2)10-6-4-3-5-7-10/h3-7,11-13H,8-9H2,1-2H3/t11-,12-,13?. The molecule has 1 aromatic rings. The van der Waals surface area contributed by atoms with Crippen LogP contribution in [0.2, 0.25) is 0 Å². The van der Waals surface area contributed by atoms with Crippen molar-refractivity contribution in [2.75, 3.05) is 14.2 Å². The van der Waals surface area contributed by atoms with Crippen LogP contribution in [0, 0.1) is 5.92 Å². The van der Waals surface area contributed by atoms with Crippen molar-refractivity contribution in [1.29, 1.82) is 0 Å². The molecule has 0 heterocycles. The highest BCUT2D eigenvalue weighted by atomic mass is 16.5.